The van der Waals surface area contributed by atoms with Gasteiger partial charge in [0.15, 0.2) is 0 Å². The van der Waals surface area contributed by atoms with Crippen molar-refractivity contribution in [1.29, 1.82) is 0 Å². The molecule has 4 aliphatic rings. The summed E-state index contributed by atoms with van der Waals surface area (Å²) in [6.07, 6.45) is 3.92. The number of H-pyrrole nitrogens is 1. The summed E-state index contributed by atoms with van der Waals surface area (Å²) in [6, 6.07) is 8.13. The van der Waals surface area contributed by atoms with E-state index >= 15 is 0 Å². The summed E-state index contributed by atoms with van der Waals surface area (Å²) in [5, 5.41) is 9.95. The molecule has 6 rings (SSSR count). The maximum absolute atomic E-state index is 13.3. The number of aromatic hydroxyl groups is 1. The number of likely N-dealkylation sites (tertiary alicyclic amines) is 1. The Kier molecular flexibility index (Phi) is 3.57. The van der Waals surface area contributed by atoms with E-state index in [4.69, 9.17) is 0 Å². The minimum atomic E-state index is 0.0372. The summed E-state index contributed by atoms with van der Waals surface area (Å²) in [4.78, 5) is 25.2. The minimum absolute atomic E-state index is 0.0372. The summed E-state index contributed by atoms with van der Waals surface area (Å²) >= 11 is 0. The van der Waals surface area contributed by atoms with Gasteiger partial charge in [0, 0.05) is 24.2 Å². The molecule has 1 amide bonds. The molecular formula is C20H24N4O2. The Morgan fingerprint density at radius 3 is 2.77 bits per heavy atom. The van der Waals surface area contributed by atoms with Crippen molar-refractivity contribution in [3.63, 3.8) is 0 Å². The van der Waals surface area contributed by atoms with Crippen LogP contribution in [0.4, 0.5) is 0 Å². The van der Waals surface area contributed by atoms with Gasteiger partial charge in [-0.05, 0) is 56.5 Å². The summed E-state index contributed by atoms with van der Waals surface area (Å²) in [6.45, 7) is 4.82. The highest BCUT2D eigenvalue weighted by atomic mass is 16.3. The number of nitrogens with zero attached hydrogens (tertiary/aromatic N) is 3. The Balaban J connectivity index is 1.55. The van der Waals surface area contributed by atoms with Gasteiger partial charge < -0.3 is 15.0 Å². The molecule has 136 valence electrons. The van der Waals surface area contributed by atoms with Gasteiger partial charge in [-0.3, -0.25) is 9.69 Å². The topological polar surface area (TPSA) is 72.5 Å². The lowest BCUT2D eigenvalue weighted by Crippen LogP contribution is -2.60. The Labute approximate surface area is 152 Å². The van der Waals surface area contributed by atoms with E-state index in [0.29, 0.717) is 29.9 Å². The van der Waals surface area contributed by atoms with Gasteiger partial charge in [0.1, 0.15) is 11.4 Å². The van der Waals surface area contributed by atoms with Crippen LogP contribution in [-0.4, -0.2) is 62.5 Å². The number of hydrogen-bond acceptors (Lipinski definition) is 4. The van der Waals surface area contributed by atoms with E-state index in [1.807, 2.05) is 19.1 Å². The van der Waals surface area contributed by atoms with Gasteiger partial charge in [0.25, 0.3) is 5.91 Å². The molecule has 2 N–H and O–H groups in total. The van der Waals surface area contributed by atoms with Gasteiger partial charge in [-0.15, -0.1) is 0 Å². The highest BCUT2D eigenvalue weighted by molar-refractivity contribution is 5.94. The highest BCUT2D eigenvalue weighted by Gasteiger charge is 2.55. The van der Waals surface area contributed by atoms with E-state index in [2.05, 4.69) is 25.8 Å². The number of imidazole rings is 1. The number of piperidine rings is 3. The monoisotopic (exact) mass is 352 g/mol. The number of carbonyl (C=O) groups excluding carboxylic acids is 1. The molecule has 0 unspecified atom stereocenters. The molecule has 0 spiro atoms. The van der Waals surface area contributed by atoms with Crippen LogP contribution in [0.1, 0.15) is 40.5 Å². The van der Waals surface area contributed by atoms with E-state index in [9.17, 15) is 9.90 Å². The van der Waals surface area contributed by atoms with Crippen molar-refractivity contribution in [2.45, 2.75) is 37.8 Å². The Morgan fingerprint density at radius 1 is 1.27 bits per heavy atom. The largest absolute Gasteiger partial charge is 0.508 e. The highest BCUT2D eigenvalue weighted by Crippen LogP contribution is 2.47. The summed E-state index contributed by atoms with van der Waals surface area (Å²) in [5.41, 5.74) is 2.49. The average molecular weight is 352 g/mol. The number of aromatic amines is 1. The molecule has 0 radical (unpaired) electrons. The number of nitrogens with one attached hydrogen (secondary N) is 1. The molecule has 5 heterocycles. The molecule has 6 heteroatoms. The van der Waals surface area contributed by atoms with Gasteiger partial charge in [0.2, 0.25) is 0 Å². The third-order valence-corrected chi connectivity index (χ3v) is 6.59. The zero-order valence-electron chi connectivity index (χ0n) is 14.9. The molecule has 2 bridgehead atoms. The predicted octanol–water partition coefficient (Wildman–Crippen LogP) is 2.13. The second kappa shape index (κ2) is 5.84. The van der Waals surface area contributed by atoms with Crippen molar-refractivity contribution in [1.82, 2.24) is 19.8 Å². The first-order valence-electron chi connectivity index (χ1n) is 9.47. The van der Waals surface area contributed by atoms with Crippen LogP contribution in [-0.2, 0) is 0 Å². The molecule has 6 nitrogen and oxygen atoms in total. The maximum Gasteiger partial charge on any atom is 0.274 e. The molecule has 0 aliphatic carbocycles. The first kappa shape index (κ1) is 15.9. The first-order chi connectivity index (χ1) is 12.6. The molecule has 26 heavy (non-hydrogen) atoms. The molecule has 1 aromatic carbocycles. The van der Waals surface area contributed by atoms with Gasteiger partial charge in [-0.2, -0.15) is 0 Å². The molecule has 1 aromatic heterocycles. The number of amides is 1. The minimum Gasteiger partial charge on any atom is -0.508 e. The van der Waals surface area contributed by atoms with Crippen molar-refractivity contribution < 1.29 is 9.90 Å². The maximum atomic E-state index is 13.3. The van der Waals surface area contributed by atoms with Gasteiger partial charge in [0.05, 0.1) is 12.4 Å². The fourth-order valence-electron chi connectivity index (χ4n) is 5.41. The Hall–Kier alpha value is -2.34. The van der Waals surface area contributed by atoms with E-state index in [1.54, 1.807) is 12.4 Å². The van der Waals surface area contributed by atoms with Crippen molar-refractivity contribution in [2.75, 3.05) is 19.6 Å². The summed E-state index contributed by atoms with van der Waals surface area (Å²) in [7, 11) is 0. The van der Waals surface area contributed by atoms with Crippen LogP contribution in [0.25, 0.3) is 0 Å². The Bertz CT molecular complexity index is 840. The number of benzene rings is 1. The lowest BCUT2D eigenvalue weighted by molar-refractivity contribution is -0.00359. The number of phenolic OH excluding ortho intramolecular Hbond substituents is 1. The predicted molar refractivity (Wildman–Crippen MR) is 97.1 cm³/mol. The number of carbonyl (C=O) groups is 1. The van der Waals surface area contributed by atoms with E-state index < -0.39 is 0 Å². The molecule has 3 atom stereocenters. The second-order valence-electron chi connectivity index (χ2n) is 7.89. The molecular weight excluding hydrogens is 328 g/mol. The van der Waals surface area contributed by atoms with Crippen LogP contribution in [0.2, 0.25) is 0 Å². The zero-order valence-corrected chi connectivity index (χ0v) is 14.9. The van der Waals surface area contributed by atoms with E-state index in [0.717, 1.165) is 37.2 Å². The molecule has 4 saturated heterocycles. The lowest BCUT2D eigenvalue weighted by atomic mass is 9.75. The van der Waals surface area contributed by atoms with Gasteiger partial charge in [-0.1, -0.05) is 12.1 Å². The number of fused-ring (bicyclic) bond motifs is 2. The number of rotatable bonds is 2. The average Bonchev–Trinajstić information content (AvgIpc) is 3.27. The van der Waals surface area contributed by atoms with Crippen molar-refractivity contribution in [3.05, 3.63) is 47.5 Å². The Morgan fingerprint density at radius 2 is 2.08 bits per heavy atom. The van der Waals surface area contributed by atoms with Crippen molar-refractivity contribution >= 4 is 5.91 Å². The number of hydrogen-bond donors (Lipinski definition) is 2. The normalized spacial score (nSPS) is 32.7. The van der Waals surface area contributed by atoms with Crippen LogP contribution in [0.15, 0.2) is 30.6 Å². The second-order valence-corrected chi connectivity index (χ2v) is 7.89. The third-order valence-electron chi connectivity index (χ3n) is 6.59. The van der Waals surface area contributed by atoms with Crippen LogP contribution in [0, 0.1) is 12.8 Å². The van der Waals surface area contributed by atoms with E-state index in [1.165, 1.54) is 0 Å². The summed E-state index contributed by atoms with van der Waals surface area (Å²) < 4.78 is 0. The molecule has 4 aliphatic heterocycles. The van der Waals surface area contributed by atoms with Crippen LogP contribution in [0.5, 0.6) is 5.75 Å². The molecule has 4 fully saturated rings. The number of phenols is 1. The lowest BCUT2D eigenvalue weighted by Gasteiger charge is -2.51. The standard InChI is InChI=1S/C20H24N4O2/c1-12-17(22-11-21-12)20(26)24-10-16(14-3-2-4-15(25)9-14)19-18(24)13-5-7-23(19)8-6-13/h2-4,9,11,13,16,18-19,25H,5-8,10H2,1H3,(H,21,22)/t16-,18+,19+/m1/s1. The first-order valence-corrected chi connectivity index (χ1v) is 9.47. The van der Waals surface area contributed by atoms with Gasteiger partial charge >= 0.3 is 0 Å². The van der Waals surface area contributed by atoms with Crippen LogP contribution >= 0.6 is 0 Å². The van der Waals surface area contributed by atoms with Gasteiger partial charge in [-0.25, -0.2) is 4.98 Å². The van der Waals surface area contributed by atoms with Crippen molar-refractivity contribution in [2.24, 2.45) is 5.92 Å². The quantitative estimate of drug-likeness (QED) is 0.868. The summed E-state index contributed by atoms with van der Waals surface area (Å²) in [5.74, 6) is 1.13. The third kappa shape index (κ3) is 2.28. The van der Waals surface area contributed by atoms with E-state index in [-0.39, 0.29) is 17.9 Å². The fraction of sp³-hybridized carbons (Fsp3) is 0.500. The van der Waals surface area contributed by atoms with Crippen molar-refractivity contribution in [3.8, 4) is 5.75 Å². The fourth-order valence-corrected chi connectivity index (χ4v) is 5.41. The molecule has 2 aromatic rings. The van der Waals surface area contributed by atoms with Crippen LogP contribution in [0.3, 0.4) is 0 Å². The smallest absolute Gasteiger partial charge is 0.274 e. The number of aromatic nitrogens is 2. The molecule has 0 saturated carbocycles. The zero-order chi connectivity index (χ0) is 17.8. The van der Waals surface area contributed by atoms with Crippen LogP contribution < -0.4 is 0 Å². The number of aryl methyl sites for hydroxylation is 1. The SMILES string of the molecule is Cc1[nH]cnc1C(=O)N1C[C@H](c2cccc(O)c2)[C@H]2[C@@H]1C1CCN2CC1.